The Kier molecular flexibility index (Phi) is 7.03. The van der Waals surface area contributed by atoms with Gasteiger partial charge in [0.15, 0.2) is 0 Å². The van der Waals surface area contributed by atoms with Gasteiger partial charge in [0.25, 0.3) is 0 Å². The molecule has 2 aliphatic heterocycles. The molecule has 1 spiro atoms. The van der Waals surface area contributed by atoms with Gasteiger partial charge in [0.2, 0.25) is 5.79 Å². The molecule has 2 N–H and O–H groups in total. The Morgan fingerprint density at radius 1 is 1.14 bits per heavy atom. The van der Waals surface area contributed by atoms with Crippen LogP contribution in [0.5, 0.6) is 5.75 Å². The zero-order chi connectivity index (χ0) is 20.9. The van der Waals surface area contributed by atoms with E-state index < -0.39 is 11.9 Å². The minimum Gasteiger partial charge on any atom is -0.494 e. The van der Waals surface area contributed by atoms with Gasteiger partial charge in [-0.05, 0) is 48.2 Å². The summed E-state index contributed by atoms with van der Waals surface area (Å²) in [7, 11) is 1.00. The number of aliphatic hydroxyl groups excluding tert-OH is 2. The van der Waals surface area contributed by atoms with Gasteiger partial charge < -0.3 is 24.4 Å². The molecule has 0 aliphatic carbocycles. The number of carbonyl (C=O) groups is 1. The van der Waals surface area contributed by atoms with Crippen molar-refractivity contribution in [3.8, 4) is 5.75 Å². The van der Waals surface area contributed by atoms with Crippen molar-refractivity contribution < 1.29 is 29.2 Å². The molecular formula is C23H28O6. The summed E-state index contributed by atoms with van der Waals surface area (Å²) in [4.78, 5) is 12.2. The largest absolute Gasteiger partial charge is 0.494 e. The average molecular weight is 400 g/mol. The van der Waals surface area contributed by atoms with E-state index in [1.54, 1.807) is 0 Å². The number of benzene rings is 2. The van der Waals surface area contributed by atoms with Crippen LogP contribution in [-0.4, -0.2) is 42.4 Å². The molecule has 2 atom stereocenters. The topological polar surface area (TPSA) is 85.2 Å². The van der Waals surface area contributed by atoms with Crippen LogP contribution < -0.4 is 4.74 Å². The molecule has 1 fully saturated rings. The van der Waals surface area contributed by atoms with Crippen molar-refractivity contribution in [2.75, 3.05) is 20.3 Å². The molecule has 0 radical (unpaired) electrons. The van der Waals surface area contributed by atoms with Crippen molar-refractivity contribution in [2.24, 2.45) is 0 Å². The highest BCUT2D eigenvalue weighted by Gasteiger charge is 2.48. The molecule has 4 rings (SSSR count). The predicted octanol–water partition coefficient (Wildman–Crippen LogP) is 2.71. The summed E-state index contributed by atoms with van der Waals surface area (Å²) in [5.74, 6) is -0.121. The number of hydrogen-bond acceptors (Lipinski definition) is 6. The highest BCUT2D eigenvalue weighted by atomic mass is 16.7. The first-order valence-corrected chi connectivity index (χ1v) is 9.85. The molecule has 156 valence electrons. The Morgan fingerprint density at radius 2 is 1.86 bits per heavy atom. The van der Waals surface area contributed by atoms with Gasteiger partial charge in [-0.3, -0.25) is 4.79 Å². The first-order valence-electron chi connectivity index (χ1n) is 9.85. The van der Waals surface area contributed by atoms with E-state index in [2.05, 4.69) is 24.3 Å². The third kappa shape index (κ3) is 4.67. The SMILES string of the molecule is CCOc1ccc(Cc2ccc3c(c2)C2(CC(=O)CC(CO)O2)OC3)cc1.CO. The van der Waals surface area contributed by atoms with Crippen molar-refractivity contribution in [3.05, 3.63) is 64.7 Å². The molecule has 6 heteroatoms. The van der Waals surface area contributed by atoms with Crippen LogP contribution >= 0.6 is 0 Å². The Hall–Kier alpha value is -2.25. The van der Waals surface area contributed by atoms with Gasteiger partial charge in [0.1, 0.15) is 11.5 Å². The number of Topliss-reactive ketones (excluding diaryl/α,β-unsaturated/α-hetero) is 1. The van der Waals surface area contributed by atoms with E-state index in [4.69, 9.17) is 19.3 Å². The molecule has 0 bridgehead atoms. The number of ketones is 1. The first-order chi connectivity index (χ1) is 14.1. The minimum absolute atomic E-state index is 0.0602. The maximum Gasteiger partial charge on any atom is 0.202 e. The van der Waals surface area contributed by atoms with E-state index in [-0.39, 0.29) is 25.2 Å². The normalized spacial score (nSPS) is 22.8. The zero-order valence-electron chi connectivity index (χ0n) is 16.9. The molecular weight excluding hydrogens is 372 g/mol. The van der Waals surface area contributed by atoms with Gasteiger partial charge >= 0.3 is 0 Å². The minimum atomic E-state index is -1.05. The molecule has 2 unspecified atom stereocenters. The van der Waals surface area contributed by atoms with Crippen molar-refractivity contribution in [1.29, 1.82) is 0 Å². The molecule has 0 saturated carbocycles. The summed E-state index contributed by atoms with van der Waals surface area (Å²) in [6.45, 7) is 2.86. The molecule has 2 heterocycles. The molecule has 0 amide bonds. The summed E-state index contributed by atoms with van der Waals surface area (Å²) >= 11 is 0. The van der Waals surface area contributed by atoms with Crippen LogP contribution in [0.15, 0.2) is 42.5 Å². The predicted molar refractivity (Wildman–Crippen MR) is 108 cm³/mol. The van der Waals surface area contributed by atoms with E-state index in [1.165, 1.54) is 5.56 Å². The highest BCUT2D eigenvalue weighted by Crippen LogP contribution is 2.44. The number of carbonyl (C=O) groups excluding carboxylic acids is 1. The summed E-state index contributed by atoms with van der Waals surface area (Å²) in [6.07, 6.45) is 0.700. The lowest BCUT2D eigenvalue weighted by atomic mass is 9.90. The standard InChI is InChI=1S/C22H24O5.CH4O/c1-2-25-19-7-4-15(5-8-19)9-16-3-6-17-14-26-22(21(17)10-16)12-18(24)11-20(13-23)27-22;1-2/h3-8,10,20,23H,2,9,11-14H2,1H3;2H,1H3. The second kappa shape index (κ2) is 9.50. The van der Waals surface area contributed by atoms with E-state index in [9.17, 15) is 9.90 Å². The van der Waals surface area contributed by atoms with Crippen molar-refractivity contribution in [1.82, 2.24) is 0 Å². The van der Waals surface area contributed by atoms with Crippen LogP contribution in [0, 0.1) is 0 Å². The molecule has 0 aromatic heterocycles. The van der Waals surface area contributed by atoms with Gasteiger partial charge in [-0.2, -0.15) is 0 Å². The fraction of sp³-hybridized carbons (Fsp3) is 0.435. The number of aliphatic hydroxyl groups is 2. The molecule has 6 nitrogen and oxygen atoms in total. The lowest BCUT2D eigenvalue weighted by Crippen LogP contribution is -2.43. The van der Waals surface area contributed by atoms with E-state index >= 15 is 0 Å². The summed E-state index contributed by atoms with van der Waals surface area (Å²) < 4.78 is 17.4. The average Bonchev–Trinajstić information content (AvgIpc) is 3.07. The van der Waals surface area contributed by atoms with Gasteiger partial charge in [-0.15, -0.1) is 0 Å². The lowest BCUT2D eigenvalue weighted by molar-refractivity contribution is -0.278. The van der Waals surface area contributed by atoms with Crippen LogP contribution in [-0.2, 0) is 33.1 Å². The smallest absolute Gasteiger partial charge is 0.202 e. The van der Waals surface area contributed by atoms with Crippen LogP contribution in [0.1, 0.15) is 42.0 Å². The van der Waals surface area contributed by atoms with E-state index in [0.717, 1.165) is 36.0 Å². The second-order valence-corrected chi connectivity index (χ2v) is 7.13. The highest BCUT2D eigenvalue weighted by molar-refractivity contribution is 5.81. The summed E-state index contributed by atoms with van der Waals surface area (Å²) in [5, 5.41) is 16.5. The summed E-state index contributed by atoms with van der Waals surface area (Å²) in [6, 6.07) is 14.3. The molecule has 2 aliphatic rings. The van der Waals surface area contributed by atoms with Crippen molar-refractivity contribution in [3.63, 3.8) is 0 Å². The second-order valence-electron chi connectivity index (χ2n) is 7.13. The van der Waals surface area contributed by atoms with Gasteiger partial charge in [0, 0.05) is 19.1 Å². The third-order valence-corrected chi connectivity index (χ3v) is 5.13. The maximum absolute atomic E-state index is 12.2. The summed E-state index contributed by atoms with van der Waals surface area (Å²) in [5.41, 5.74) is 4.26. The van der Waals surface area contributed by atoms with Crippen molar-refractivity contribution in [2.45, 2.75) is 44.7 Å². The van der Waals surface area contributed by atoms with Crippen LogP contribution in [0.4, 0.5) is 0 Å². The van der Waals surface area contributed by atoms with Crippen LogP contribution in [0.3, 0.4) is 0 Å². The van der Waals surface area contributed by atoms with E-state index in [0.29, 0.717) is 13.2 Å². The van der Waals surface area contributed by atoms with Gasteiger partial charge in [-0.25, -0.2) is 0 Å². The number of rotatable bonds is 5. The third-order valence-electron chi connectivity index (χ3n) is 5.13. The molecule has 1 saturated heterocycles. The number of ether oxygens (including phenoxy) is 3. The maximum atomic E-state index is 12.2. The lowest BCUT2D eigenvalue weighted by Gasteiger charge is -2.37. The number of hydrogen-bond donors (Lipinski definition) is 2. The number of fused-ring (bicyclic) bond motifs is 2. The monoisotopic (exact) mass is 400 g/mol. The Labute approximate surface area is 171 Å². The van der Waals surface area contributed by atoms with Crippen molar-refractivity contribution >= 4 is 5.78 Å². The van der Waals surface area contributed by atoms with Gasteiger partial charge in [0.05, 0.1) is 32.3 Å². The van der Waals surface area contributed by atoms with Crippen LogP contribution in [0.25, 0.3) is 0 Å². The van der Waals surface area contributed by atoms with Gasteiger partial charge in [-0.1, -0.05) is 24.3 Å². The zero-order valence-corrected chi connectivity index (χ0v) is 16.9. The molecule has 2 aromatic rings. The Balaban J connectivity index is 0.00000117. The quantitative estimate of drug-likeness (QED) is 0.803. The Morgan fingerprint density at radius 3 is 2.55 bits per heavy atom. The van der Waals surface area contributed by atoms with Crippen LogP contribution in [0.2, 0.25) is 0 Å². The Bertz CT molecular complexity index is 832. The molecule has 29 heavy (non-hydrogen) atoms. The fourth-order valence-corrected chi connectivity index (χ4v) is 3.88. The first kappa shape index (κ1) is 21.5. The van der Waals surface area contributed by atoms with E-state index in [1.807, 2.05) is 25.1 Å². The molecule has 2 aromatic carbocycles. The fourth-order valence-electron chi connectivity index (χ4n) is 3.88.